The highest BCUT2D eigenvalue weighted by atomic mass is 35.5. The number of hydrogen-bond acceptors (Lipinski definition) is 5. The Balaban J connectivity index is 1.71. The molecule has 1 N–H and O–H groups in total. The first-order chi connectivity index (χ1) is 15.3. The van der Waals surface area contributed by atoms with E-state index in [0.717, 1.165) is 11.1 Å². The maximum Gasteiger partial charge on any atom is 0.234 e. The van der Waals surface area contributed by atoms with Gasteiger partial charge in [-0.2, -0.15) is 0 Å². The fourth-order valence-electron chi connectivity index (χ4n) is 3.12. The first kappa shape index (κ1) is 23.8. The lowest BCUT2D eigenvalue weighted by Crippen LogP contribution is -2.16. The first-order valence-corrected chi connectivity index (χ1v) is 11.3. The third-order valence-electron chi connectivity index (χ3n) is 4.62. The van der Waals surface area contributed by atoms with E-state index in [4.69, 9.17) is 16.3 Å². The predicted octanol–water partition coefficient (Wildman–Crippen LogP) is 5.74. The molecule has 0 aliphatic carbocycles. The third-order valence-corrected chi connectivity index (χ3v) is 6.19. The van der Waals surface area contributed by atoms with Gasteiger partial charge in [0.05, 0.1) is 11.4 Å². The molecule has 1 unspecified atom stereocenters. The number of allylic oxidation sites excluding steroid dienone is 1. The van der Waals surface area contributed by atoms with E-state index in [9.17, 15) is 9.18 Å². The van der Waals surface area contributed by atoms with Crippen molar-refractivity contribution in [3.05, 3.63) is 76.8 Å². The van der Waals surface area contributed by atoms with Gasteiger partial charge in [-0.15, -0.1) is 16.8 Å². The summed E-state index contributed by atoms with van der Waals surface area (Å²) >= 11 is 7.45. The minimum Gasteiger partial charge on any atom is -0.483 e. The molecule has 2 aromatic carbocycles. The van der Waals surface area contributed by atoms with Crippen molar-refractivity contribution in [2.45, 2.75) is 38.6 Å². The van der Waals surface area contributed by atoms with Crippen LogP contribution in [0.1, 0.15) is 30.0 Å². The Labute approximate surface area is 195 Å². The van der Waals surface area contributed by atoms with E-state index in [2.05, 4.69) is 22.1 Å². The highest BCUT2D eigenvalue weighted by Crippen LogP contribution is 2.30. The number of carbonyl (C=O) groups excluding carboxylic acids is 1. The van der Waals surface area contributed by atoms with E-state index in [1.54, 1.807) is 18.2 Å². The van der Waals surface area contributed by atoms with Crippen LogP contribution in [0.4, 0.5) is 10.1 Å². The normalized spacial score (nSPS) is 11.8. The Morgan fingerprint density at radius 1 is 1.31 bits per heavy atom. The molecule has 0 aliphatic heterocycles. The van der Waals surface area contributed by atoms with Gasteiger partial charge in [0, 0.05) is 11.6 Å². The maximum absolute atomic E-state index is 13.7. The lowest BCUT2D eigenvalue weighted by molar-refractivity contribution is -0.113. The SMILES string of the molecule is C=CCn1c(SCC(=O)Nc2ccccc2F)nnc1C(C)Oc1cc(C)c(Cl)c(C)c1. The fourth-order valence-corrected chi connectivity index (χ4v) is 3.98. The molecule has 0 bridgehead atoms. The molecule has 9 heteroatoms. The summed E-state index contributed by atoms with van der Waals surface area (Å²) in [5, 5.41) is 12.3. The number of nitrogens with one attached hydrogen (secondary N) is 1. The van der Waals surface area contributed by atoms with Crippen LogP contribution >= 0.6 is 23.4 Å². The summed E-state index contributed by atoms with van der Waals surface area (Å²) < 4.78 is 21.7. The van der Waals surface area contributed by atoms with Crippen LogP contribution in [-0.4, -0.2) is 26.4 Å². The van der Waals surface area contributed by atoms with Crippen LogP contribution in [0.5, 0.6) is 5.75 Å². The minimum absolute atomic E-state index is 0.0500. The van der Waals surface area contributed by atoms with Crippen molar-refractivity contribution in [1.29, 1.82) is 0 Å². The number of para-hydroxylation sites is 1. The largest absolute Gasteiger partial charge is 0.483 e. The maximum atomic E-state index is 13.7. The molecule has 1 atom stereocenters. The lowest BCUT2D eigenvalue weighted by Gasteiger charge is -2.17. The first-order valence-electron chi connectivity index (χ1n) is 9.94. The summed E-state index contributed by atoms with van der Waals surface area (Å²) in [5.41, 5.74) is 2.00. The van der Waals surface area contributed by atoms with Crippen LogP contribution < -0.4 is 10.1 Å². The molecule has 168 valence electrons. The van der Waals surface area contributed by atoms with Crippen LogP contribution in [0, 0.1) is 19.7 Å². The number of amides is 1. The van der Waals surface area contributed by atoms with Gasteiger partial charge >= 0.3 is 0 Å². The molecule has 0 spiro atoms. The number of halogens is 2. The molecule has 0 aliphatic rings. The molecular weight excluding hydrogens is 451 g/mol. The summed E-state index contributed by atoms with van der Waals surface area (Å²) in [6.07, 6.45) is 1.32. The number of carbonyl (C=O) groups is 1. The summed E-state index contributed by atoms with van der Waals surface area (Å²) in [4.78, 5) is 12.3. The Morgan fingerprint density at radius 3 is 2.66 bits per heavy atom. The number of rotatable bonds is 9. The predicted molar refractivity (Wildman–Crippen MR) is 126 cm³/mol. The second kappa shape index (κ2) is 10.7. The van der Waals surface area contributed by atoms with E-state index in [1.807, 2.05) is 37.5 Å². The summed E-state index contributed by atoms with van der Waals surface area (Å²) in [5.74, 6) is 0.512. The van der Waals surface area contributed by atoms with Gasteiger partial charge in [0.25, 0.3) is 0 Å². The van der Waals surface area contributed by atoms with Crippen molar-refractivity contribution in [2.75, 3.05) is 11.1 Å². The standard InChI is InChI=1S/C23H24ClFN4O2S/c1-5-10-29-22(16(4)31-17-11-14(2)21(24)15(3)12-17)27-28-23(29)32-13-20(30)26-19-9-7-6-8-18(19)25/h5-9,11-12,16H,1,10,13H2,2-4H3,(H,26,30). The van der Waals surface area contributed by atoms with E-state index in [0.29, 0.717) is 28.3 Å². The van der Waals surface area contributed by atoms with Crippen LogP contribution in [0.15, 0.2) is 54.2 Å². The molecule has 6 nitrogen and oxygen atoms in total. The number of benzene rings is 2. The molecule has 1 heterocycles. The van der Waals surface area contributed by atoms with E-state index in [1.165, 1.54) is 23.9 Å². The van der Waals surface area contributed by atoms with Crippen molar-refractivity contribution in [3.63, 3.8) is 0 Å². The number of nitrogens with zero attached hydrogens (tertiary/aromatic N) is 3. The zero-order valence-corrected chi connectivity index (χ0v) is 19.6. The second-order valence-electron chi connectivity index (χ2n) is 7.19. The molecule has 3 rings (SSSR count). The number of hydrogen-bond donors (Lipinski definition) is 1. The number of aryl methyl sites for hydroxylation is 2. The molecule has 0 saturated heterocycles. The topological polar surface area (TPSA) is 69.0 Å². The smallest absolute Gasteiger partial charge is 0.234 e. The summed E-state index contributed by atoms with van der Waals surface area (Å²) in [6.45, 7) is 9.97. The molecule has 3 aromatic rings. The Bertz CT molecular complexity index is 1110. The van der Waals surface area contributed by atoms with Gasteiger partial charge in [0.2, 0.25) is 5.91 Å². The van der Waals surface area contributed by atoms with Crippen molar-refractivity contribution < 1.29 is 13.9 Å². The average molecular weight is 475 g/mol. The minimum atomic E-state index is -0.485. The average Bonchev–Trinajstić information content (AvgIpc) is 3.15. The summed E-state index contributed by atoms with van der Waals surface area (Å²) in [6, 6.07) is 9.78. The molecular formula is C23H24ClFN4O2S. The quantitative estimate of drug-likeness (QED) is 0.316. The van der Waals surface area contributed by atoms with Gasteiger partial charge in [-0.05, 0) is 56.2 Å². The second-order valence-corrected chi connectivity index (χ2v) is 8.51. The van der Waals surface area contributed by atoms with Crippen LogP contribution in [-0.2, 0) is 11.3 Å². The monoisotopic (exact) mass is 474 g/mol. The Hall–Kier alpha value is -2.84. The van der Waals surface area contributed by atoms with Crippen LogP contribution in [0.2, 0.25) is 5.02 Å². The highest BCUT2D eigenvalue weighted by molar-refractivity contribution is 7.99. The molecule has 0 saturated carbocycles. The van der Waals surface area contributed by atoms with Crippen molar-refractivity contribution in [3.8, 4) is 5.75 Å². The summed E-state index contributed by atoms with van der Waals surface area (Å²) in [7, 11) is 0. The van der Waals surface area contributed by atoms with Gasteiger partial charge < -0.3 is 10.1 Å². The van der Waals surface area contributed by atoms with Crippen LogP contribution in [0.25, 0.3) is 0 Å². The molecule has 1 aromatic heterocycles. The number of thioether (sulfide) groups is 1. The molecule has 32 heavy (non-hydrogen) atoms. The van der Waals surface area contributed by atoms with Gasteiger partial charge in [0.1, 0.15) is 11.6 Å². The van der Waals surface area contributed by atoms with Gasteiger partial charge in [0.15, 0.2) is 17.1 Å². The van der Waals surface area contributed by atoms with Crippen molar-refractivity contribution in [2.24, 2.45) is 0 Å². The lowest BCUT2D eigenvalue weighted by atomic mass is 10.1. The zero-order valence-electron chi connectivity index (χ0n) is 18.1. The fraction of sp³-hybridized carbons (Fsp3) is 0.261. The molecule has 0 fully saturated rings. The van der Waals surface area contributed by atoms with Gasteiger partial charge in [-0.1, -0.05) is 41.6 Å². The molecule has 1 amide bonds. The Kier molecular flexibility index (Phi) is 7.93. The number of anilines is 1. The third kappa shape index (κ3) is 5.69. The van der Waals surface area contributed by atoms with Gasteiger partial charge in [-0.25, -0.2) is 4.39 Å². The van der Waals surface area contributed by atoms with Crippen molar-refractivity contribution in [1.82, 2.24) is 14.8 Å². The molecule has 0 radical (unpaired) electrons. The zero-order chi connectivity index (χ0) is 23.3. The van der Waals surface area contributed by atoms with E-state index in [-0.39, 0.29) is 17.3 Å². The van der Waals surface area contributed by atoms with Crippen LogP contribution in [0.3, 0.4) is 0 Å². The van der Waals surface area contributed by atoms with E-state index < -0.39 is 11.9 Å². The number of aromatic nitrogens is 3. The van der Waals surface area contributed by atoms with Gasteiger partial charge in [-0.3, -0.25) is 9.36 Å². The Morgan fingerprint density at radius 2 is 2.00 bits per heavy atom. The van der Waals surface area contributed by atoms with Crippen molar-refractivity contribution >= 4 is 35.0 Å². The van der Waals surface area contributed by atoms with E-state index >= 15 is 0 Å². The number of ether oxygens (including phenoxy) is 1. The highest BCUT2D eigenvalue weighted by Gasteiger charge is 2.20.